The summed E-state index contributed by atoms with van der Waals surface area (Å²) >= 11 is 0. The third-order valence-corrected chi connectivity index (χ3v) is 7.44. The molecule has 3 aromatic carbocycles. The van der Waals surface area contributed by atoms with Crippen LogP contribution in [0.4, 0.5) is 5.82 Å². The van der Waals surface area contributed by atoms with Crippen LogP contribution in [-0.2, 0) is 15.0 Å². The van der Waals surface area contributed by atoms with E-state index in [-0.39, 0.29) is 0 Å². The van der Waals surface area contributed by atoms with Crippen LogP contribution >= 0.6 is 0 Å². The smallest absolute Gasteiger partial charge is 0.351 e. The molecule has 0 saturated carbocycles. The fraction of sp³-hybridized carbons (Fsp3) is 0.290. The highest BCUT2D eigenvalue weighted by molar-refractivity contribution is 5.59. The van der Waals surface area contributed by atoms with Gasteiger partial charge in [0.2, 0.25) is 0 Å². The number of benzene rings is 3. The second kappa shape index (κ2) is 12.1. The van der Waals surface area contributed by atoms with E-state index in [1.165, 1.54) is 11.7 Å². The van der Waals surface area contributed by atoms with Crippen LogP contribution in [0, 0.1) is 0 Å². The zero-order valence-corrected chi connectivity index (χ0v) is 23.0. The molecule has 0 unspecified atom stereocenters. The number of nitrogens with zero attached hydrogens (tertiary/aromatic N) is 2. The first-order chi connectivity index (χ1) is 19.9. The van der Waals surface area contributed by atoms with Gasteiger partial charge in [0.25, 0.3) is 0 Å². The molecule has 41 heavy (non-hydrogen) atoms. The van der Waals surface area contributed by atoms with Gasteiger partial charge in [0, 0.05) is 13.3 Å². The molecule has 214 valence electrons. The highest BCUT2D eigenvalue weighted by Crippen LogP contribution is 2.41. The zero-order valence-electron chi connectivity index (χ0n) is 23.0. The molecule has 1 aromatic heterocycles. The Hall–Kier alpha value is -4.22. The van der Waals surface area contributed by atoms with Crippen molar-refractivity contribution in [1.29, 1.82) is 0 Å². The van der Waals surface area contributed by atoms with E-state index in [9.17, 15) is 15.0 Å². The van der Waals surface area contributed by atoms with Gasteiger partial charge in [0.15, 0.2) is 6.23 Å². The minimum atomic E-state index is -1.10. The summed E-state index contributed by atoms with van der Waals surface area (Å²) < 4.78 is 23.2. The van der Waals surface area contributed by atoms with Gasteiger partial charge in [-0.3, -0.25) is 4.57 Å². The van der Waals surface area contributed by atoms with E-state index in [1.807, 2.05) is 78.9 Å². The molecule has 5 rings (SSSR count). The third-order valence-electron chi connectivity index (χ3n) is 7.44. The number of aliphatic hydroxyl groups is 2. The summed E-state index contributed by atoms with van der Waals surface area (Å²) in [4.78, 5) is 17.7. The van der Waals surface area contributed by atoms with E-state index in [4.69, 9.17) is 18.9 Å². The molecule has 0 amide bonds. The quantitative estimate of drug-likeness (QED) is 0.252. The Morgan fingerprint density at radius 1 is 0.878 bits per heavy atom. The number of hydrogen-bond acceptors (Lipinski definition) is 9. The summed E-state index contributed by atoms with van der Waals surface area (Å²) in [5.74, 6) is 1.73. The second-order valence-electron chi connectivity index (χ2n) is 9.64. The fourth-order valence-electron chi connectivity index (χ4n) is 5.30. The minimum Gasteiger partial charge on any atom is -0.497 e. The Kier molecular flexibility index (Phi) is 8.36. The van der Waals surface area contributed by atoms with E-state index in [2.05, 4.69) is 10.3 Å². The summed E-state index contributed by atoms with van der Waals surface area (Å²) in [5.41, 5.74) is 1.09. The normalized spacial score (nSPS) is 20.5. The highest BCUT2D eigenvalue weighted by atomic mass is 16.6. The summed E-state index contributed by atoms with van der Waals surface area (Å²) in [7, 11) is 4.64. The average molecular weight is 560 g/mol. The Morgan fingerprint density at radius 3 is 1.93 bits per heavy atom. The van der Waals surface area contributed by atoms with E-state index < -0.39 is 42.4 Å². The van der Waals surface area contributed by atoms with Crippen molar-refractivity contribution in [2.45, 2.75) is 30.1 Å². The fourth-order valence-corrected chi connectivity index (χ4v) is 5.30. The van der Waals surface area contributed by atoms with Gasteiger partial charge in [0.05, 0.1) is 20.8 Å². The Morgan fingerprint density at radius 2 is 1.44 bits per heavy atom. The molecule has 10 nitrogen and oxygen atoms in total. The van der Waals surface area contributed by atoms with Gasteiger partial charge in [-0.15, -0.1) is 0 Å². The monoisotopic (exact) mass is 559 g/mol. The Balaban J connectivity index is 1.63. The number of aromatic nitrogens is 2. The maximum atomic E-state index is 13.4. The van der Waals surface area contributed by atoms with Crippen LogP contribution in [0.15, 0.2) is 95.9 Å². The minimum absolute atomic E-state index is 0.313. The van der Waals surface area contributed by atoms with Crippen molar-refractivity contribution < 1.29 is 29.2 Å². The summed E-state index contributed by atoms with van der Waals surface area (Å²) in [6.07, 6.45) is -2.25. The zero-order chi connectivity index (χ0) is 29.0. The first-order valence-electron chi connectivity index (χ1n) is 13.1. The van der Waals surface area contributed by atoms with Crippen molar-refractivity contribution in [3.63, 3.8) is 0 Å². The SMILES string of the molecule is COc1ccc(C(Nc2ccn([C@@H]3O[C@H](CO)[C@@H](O)[C@H]3OC)c(=O)n2)(c2ccccc2)c2ccc(OC)cc2)cc1. The van der Waals surface area contributed by atoms with Crippen LogP contribution in [0.2, 0.25) is 0 Å². The van der Waals surface area contributed by atoms with Crippen LogP contribution in [0.5, 0.6) is 11.5 Å². The van der Waals surface area contributed by atoms with Gasteiger partial charge in [0.1, 0.15) is 41.2 Å². The molecule has 3 N–H and O–H groups in total. The molecular formula is C31H33N3O7. The number of hydrogen-bond donors (Lipinski definition) is 3. The van der Waals surface area contributed by atoms with E-state index in [1.54, 1.807) is 26.5 Å². The van der Waals surface area contributed by atoms with Gasteiger partial charge in [-0.05, 0) is 47.0 Å². The van der Waals surface area contributed by atoms with E-state index >= 15 is 0 Å². The van der Waals surface area contributed by atoms with Gasteiger partial charge < -0.3 is 34.5 Å². The number of ether oxygens (including phenoxy) is 4. The Labute approximate surface area is 237 Å². The number of nitrogens with one attached hydrogen (secondary N) is 1. The van der Waals surface area contributed by atoms with Gasteiger partial charge >= 0.3 is 5.69 Å². The largest absolute Gasteiger partial charge is 0.497 e. The predicted octanol–water partition coefficient (Wildman–Crippen LogP) is 2.93. The number of aliphatic hydroxyl groups excluding tert-OH is 2. The van der Waals surface area contributed by atoms with Gasteiger partial charge in [-0.25, -0.2) is 4.79 Å². The lowest BCUT2D eigenvalue weighted by atomic mass is 9.77. The topological polar surface area (TPSA) is 124 Å². The van der Waals surface area contributed by atoms with Crippen LogP contribution in [0.1, 0.15) is 22.9 Å². The lowest BCUT2D eigenvalue weighted by Crippen LogP contribution is -2.40. The molecule has 10 heteroatoms. The van der Waals surface area contributed by atoms with Gasteiger partial charge in [-0.1, -0.05) is 54.6 Å². The highest BCUT2D eigenvalue weighted by Gasteiger charge is 2.45. The van der Waals surface area contributed by atoms with Crippen molar-refractivity contribution in [1.82, 2.24) is 9.55 Å². The van der Waals surface area contributed by atoms with Crippen molar-refractivity contribution >= 4 is 5.82 Å². The van der Waals surface area contributed by atoms with Crippen LogP contribution < -0.4 is 20.5 Å². The molecule has 0 aliphatic carbocycles. The third kappa shape index (κ3) is 5.30. The van der Waals surface area contributed by atoms with Crippen molar-refractivity contribution in [2.24, 2.45) is 0 Å². The molecule has 0 bridgehead atoms. The molecule has 1 saturated heterocycles. The first-order valence-corrected chi connectivity index (χ1v) is 13.1. The maximum Gasteiger partial charge on any atom is 0.351 e. The van der Waals surface area contributed by atoms with Crippen molar-refractivity contribution in [3.05, 3.63) is 118 Å². The molecule has 4 atom stereocenters. The summed E-state index contributed by atoms with van der Waals surface area (Å²) in [6, 6.07) is 26.9. The van der Waals surface area contributed by atoms with Crippen LogP contribution in [0.25, 0.3) is 0 Å². The molecule has 4 aromatic rings. The number of rotatable bonds is 10. The average Bonchev–Trinajstić information content (AvgIpc) is 3.35. The molecule has 1 fully saturated rings. The van der Waals surface area contributed by atoms with E-state index in [0.29, 0.717) is 17.3 Å². The molecule has 0 spiro atoms. The molecule has 0 radical (unpaired) electrons. The Bertz CT molecular complexity index is 1450. The van der Waals surface area contributed by atoms with Crippen molar-refractivity contribution in [2.75, 3.05) is 33.3 Å². The second-order valence-corrected chi connectivity index (χ2v) is 9.64. The molecular weight excluding hydrogens is 526 g/mol. The van der Waals surface area contributed by atoms with Gasteiger partial charge in [-0.2, -0.15) is 4.98 Å². The molecule has 2 heterocycles. The molecule has 1 aliphatic heterocycles. The summed E-state index contributed by atoms with van der Waals surface area (Å²) in [6.45, 7) is -0.414. The van der Waals surface area contributed by atoms with Crippen LogP contribution in [-0.4, -0.2) is 66.0 Å². The molecule has 1 aliphatic rings. The predicted molar refractivity (Wildman–Crippen MR) is 152 cm³/mol. The lowest BCUT2D eigenvalue weighted by molar-refractivity contribution is -0.0624. The number of methoxy groups -OCH3 is 3. The first kappa shape index (κ1) is 28.3. The lowest BCUT2D eigenvalue weighted by Gasteiger charge is -2.37. The van der Waals surface area contributed by atoms with E-state index in [0.717, 1.165) is 16.7 Å². The standard InChI is InChI=1S/C31H33N3O7/c1-38-23-13-9-21(10-14-23)31(20-7-5-4-6-8-20,22-11-15-24(39-2)16-12-22)33-26-17-18-34(30(37)32-26)29-28(40-3)27(36)25(19-35)41-29/h4-18,25,27-29,35-36H,19H2,1-3H3,(H,32,33,37)/t25-,27-,28-,29-/m1/s1. The van der Waals surface area contributed by atoms with Crippen molar-refractivity contribution in [3.8, 4) is 11.5 Å². The maximum absolute atomic E-state index is 13.4. The summed E-state index contributed by atoms with van der Waals surface area (Å²) in [5, 5.41) is 23.6. The number of anilines is 1. The van der Waals surface area contributed by atoms with Crippen LogP contribution in [0.3, 0.4) is 0 Å².